The minimum absolute atomic E-state index is 0.170. The molecule has 2 aliphatic heterocycles. The number of ether oxygens (including phenoxy) is 1. The van der Waals surface area contributed by atoms with Crippen LogP contribution >= 0.6 is 0 Å². The monoisotopic (exact) mass is 462 g/mol. The number of allylic oxidation sites excluding steroid dienone is 4. The SMILES string of the molecule is C\C=C/C(=N\C(C)=C\CC)N1CC(N/C(=C/CC)N2CC(Oc3cc(C)cc4[nH]cnc34)C2)C1. The van der Waals surface area contributed by atoms with Crippen molar-refractivity contribution in [2.24, 2.45) is 4.99 Å². The molecule has 2 N–H and O–H groups in total. The fourth-order valence-electron chi connectivity index (χ4n) is 4.46. The average Bonchev–Trinajstić information content (AvgIpc) is 3.20. The van der Waals surface area contributed by atoms with Crippen LogP contribution < -0.4 is 10.1 Å². The highest BCUT2D eigenvalue weighted by Crippen LogP contribution is 2.28. The highest BCUT2D eigenvalue weighted by atomic mass is 16.5. The molecule has 0 unspecified atom stereocenters. The van der Waals surface area contributed by atoms with Gasteiger partial charge in [-0.25, -0.2) is 9.98 Å². The van der Waals surface area contributed by atoms with Crippen molar-refractivity contribution >= 4 is 16.9 Å². The number of H-pyrrole nitrogens is 1. The first kappa shape index (κ1) is 23.9. The molecule has 2 saturated heterocycles. The lowest BCUT2D eigenvalue weighted by atomic mass is 10.1. The summed E-state index contributed by atoms with van der Waals surface area (Å²) in [6.07, 6.45) is 12.5. The van der Waals surface area contributed by atoms with Crippen LogP contribution in [0.1, 0.15) is 46.1 Å². The summed E-state index contributed by atoms with van der Waals surface area (Å²) < 4.78 is 6.32. The van der Waals surface area contributed by atoms with Gasteiger partial charge in [0.05, 0.1) is 36.8 Å². The molecular weight excluding hydrogens is 424 g/mol. The number of likely N-dealkylation sites (tertiary alicyclic amines) is 2. The number of aliphatic imine (C=N–C) groups is 1. The first-order valence-corrected chi connectivity index (χ1v) is 12.5. The number of fused-ring (bicyclic) bond motifs is 1. The molecule has 7 nitrogen and oxygen atoms in total. The molecule has 2 aromatic rings. The first-order chi connectivity index (χ1) is 16.5. The summed E-state index contributed by atoms with van der Waals surface area (Å²) in [4.78, 5) is 17.1. The molecule has 1 aromatic carbocycles. The molecule has 0 radical (unpaired) electrons. The van der Waals surface area contributed by atoms with Gasteiger partial charge < -0.3 is 24.8 Å². The second-order valence-corrected chi connectivity index (χ2v) is 9.17. The third kappa shape index (κ3) is 5.46. The summed E-state index contributed by atoms with van der Waals surface area (Å²) in [6, 6.07) is 4.60. The Hall–Kier alpha value is -3.22. The van der Waals surface area contributed by atoms with Crippen LogP contribution in [-0.4, -0.2) is 63.9 Å². The van der Waals surface area contributed by atoms with Crippen LogP contribution in [0.5, 0.6) is 5.75 Å². The van der Waals surface area contributed by atoms with Gasteiger partial charge in [0.15, 0.2) is 0 Å². The van der Waals surface area contributed by atoms with Crippen LogP contribution in [0.4, 0.5) is 0 Å². The van der Waals surface area contributed by atoms with Crippen LogP contribution in [0.3, 0.4) is 0 Å². The van der Waals surface area contributed by atoms with E-state index in [0.29, 0.717) is 6.04 Å². The number of rotatable bonds is 9. The third-order valence-corrected chi connectivity index (χ3v) is 6.18. The van der Waals surface area contributed by atoms with Gasteiger partial charge in [-0.3, -0.25) is 0 Å². The van der Waals surface area contributed by atoms with Crippen LogP contribution in [0.15, 0.2) is 59.3 Å². The minimum atomic E-state index is 0.170. The van der Waals surface area contributed by atoms with Crippen molar-refractivity contribution in [2.45, 2.75) is 59.6 Å². The van der Waals surface area contributed by atoms with Crippen LogP contribution in [0, 0.1) is 6.92 Å². The Morgan fingerprint density at radius 1 is 1.18 bits per heavy atom. The largest absolute Gasteiger partial charge is 0.484 e. The van der Waals surface area contributed by atoms with Gasteiger partial charge >= 0.3 is 0 Å². The predicted octanol–water partition coefficient (Wildman–Crippen LogP) is 4.75. The molecule has 2 aliphatic rings. The van der Waals surface area contributed by atoms with Crippen molar-refractivity contribution in [3.8, 4) is 5.75 Å². The Morgan fingerprint density at radius 2 is 1.94 bits per heavy atom. The molecule has 0 amide bonds. The van der Waals surface area contributed by atoms with E-state index in [1.54, 1.807) is 6.33 Å². The standard InChI is InChI=1S/C27H38N6O/c1-6-9-20(5)30-25(10-7-2)32-14-21(15-32)31-26(11-8-3)33-16-22(17-33)34-24-13-19(4)12-23-27(24)29-18-28-23/h7,9-13,18,21-22,31H,6,8,14-17H2,1-5H3,(H,28,29)/b10-7-,20-9+,26-11-,30-25+. The molecule has 4 rings (SSSR count). The fourth-order valence-corrected chi connectivity index (χ4v) is 4.46. The van der Waals surface area contributed by atoms with E-state index in [4.69, 9.17) is 9.73 Å². The quantitative estimate of drug-likeness (QED) is 0.416. The minimum Gasteiger partial charge on any atom is -0.484 e. The summed E-state index contributed by atoms with van der Waals surface area (Å²) in [6.45, 7) is 14.2. The zero-order valence-corrected chi connectivity index (χ0v) is 21.1. The number of aryl methyl sites for hydroxylation is 1. The van der Waals surface area contributed by atoms with E-state index in [9.17, 15) is 0 Å². The maximum Gasteiger partial charge on any atom is 0.148 e. The lowest BCUT2D eigenvalue weighted by Gasteiger charge is -2.47. The van der Waals surface area contributed by atoms with Gasteiger partial charge in [-0.1, -0.05) is 26.0 Å². The van der Waals surface area contributed by atoms with Gasteiger partial charge in [-0.15, -0.1) is 0 Å². The number of hydrogen-bond acceptors (Lipinski definition) is 5. The van der Waals surface area contributed by atoms with Crippen molar-refractivity contribution in [2.75, 3.05) is 26.2 Å². The van der Waals surface area contributed by atoms with E-state index in [1.807, 2.05) is 6.92 Å². The molecular formula is C27H38N6O. The number of nitrogens with zero attached hydrogens (tertiary/aromatic N) is 4. The van der Waals surface area contributed by atoms with Crippen LogP contribution in [0.2, 0.25) is 0 Å². The summed E-state index contributed by atoms with van der Waals surface area (Å²) in [7, 11) is 0. The molecule has 0 aliphatic carbocycles. The van der Waals surface area contributed by atoms with E-state index >= 15 is 0 Å². The molecule has 2 fully saturated rings. The number of nitrogens with one attached hydrogen (secondary N) is 2. The van der Waals surface area contributed by atoms with Crippen molar-refractivity contribution in [1.82, 2.24) is 25.1 Å². The number of imidazole rings is 1. The van der Waals surface area contributed by atoms with Crippen molar-refractivity contribution in [3.63, 3.8) is 0 Å². The van der Waals surface area contributed by atoms with Gasteiger partial charge in [0, 0.05) is 18.8 Å². The normalized spacial score (nSPS) is 18.6. The second-order valence-electron chi connectivity index (χ2n) is 9.17. The fraction of sp³-hybridized carbons (Fsp3) is 0.481. The van der Waals surface area contributed by atoms with Gasteiger partial charge in [0.25, 0.3) is 0 Å². The Labute approximate surface area is 203 Å². The molecule has 34 heavy (non-hydrogen) atoms. The van der Waals surface area contributed by atoms with E-state index in [2.05, 4.69) is 89.2 Å². The van der Waals surface area contributed by atoms with E-state index in [0.717, 1.165) is 67.3 Å². The smallest absolute Gasteiger partial charge is 0.148 e. The molecule has 0 saturated carbocycles. The predicted molar refractivity (Wildman–Crippen MR) is 140 cm³/mol. The average molecular weight is 463 g/mol. The number of hydrogen-bond donors (Lipinski definition) is 2. The first-order valence-electron chi connectivity index (χ1n) is 12.5. The summed E-state index contributed by atoms with van der Waals surface area (Å²) in [5, 5.41) is 3.76. The van der Waals surface area contributed by atoms with Crippen molar-refractivity contribution in [1.29, 1.82) is 0 Å². The number of aromatic amines is 1. The zero-order valence-electron chi connectivity index (χ0n) is 21.1. The molecule has 0 bridgehead atoms. The van der Waals surface area contributed by atoms with Gasteiger partial charge in [-0.2, -0.15) is 0 Å². The lowest BCUT2D eigenvalue weighted by Crippen LogP contribution is -2.62. The Bertz CT molecular complexity index is 1100. The van der Waals surface area contributed by atoms with Crippen LogP contribution in [0.25, 0.3) is 11.0 Å². The Morgan fingerprint density at radius 3 is 2.65 bits per heavy atom. The summed E-state index contributed by atoms with van der Waals surface area (Å²) >= 11 is 0. The molecule has 0 spiro atoms. The number of amidine groups is 1. The van der Waals surface area contributed by atoms with E-state index in [1.165, 1.54) is 11.4 Å². The lowest BCUT2D eigenvalue weighted by molar-refractivity contribution is 0.0354. The molecule has 7 heteroatoms. The maximum absolute atomic E-state index is 6.32. The maximum atomic E-state index is 6.32. The molecule has 182 valence electrons. The van der Waals surface area contributed by atoms with E-state index in [-0.39, 0.29) is 6.10 Å². The highest BCUT2D eigenvalue weighted by Gasteiger charge is 2.34. The number of benzene rings is 1. The van der Waals surface area contributed by atoms with E-state index < -0.39 is 0 Å². The topological polar surface area (TPSA) is 68.8 Å². The van der Waals surface area contributed by atoms with Gasteiger partial charge in [-0.05, 0) is 63.5 Å². The van der Waals surface area contributed by atoms with Crippen LogP contribution in [-0.2, 0) is 0 Å². The van der Waals surface area contributed by atoms with Crippen molar-refractivity contribution in [3.05, 3.63) is 59.8 Å². The molecule has 1 aromatic heterocycles. The molecule has 3 heterocycles. The second kappa shape index (κ2) is 10.8. The van der Waals surface area contributed by atoms with Gasteiger partial charge in [0.1, 0.15) is 23.2 Å². The summed E-state index contributed by atoms with van der Waals surface area (Å²) in [5.41, 5.74) is 4.18. The Balaban J connectivity index is 1.31. The Kier molecular flexibility index (Phi) is 7.60. The summed E-state index contributed by atoms with van der Waals surface area (Å²) in [5.74, 6) is 3.13. The van der Waals surface area contributed by atoms with Gasteiger partial charge in [0.2, 0.25) is 0 Å². The number of aromatic nitrogens is 2. The van der Waals surface area contributed by atoms with Crippen molar-refractivity contribution < 1.29 is 4.74 Å². The zero-order chi connectivity index (χ0) is 24.1. The molecule has 0 atom stereocenters. The third-order valence-electron chi connectivity index (χ3n) is 6.18. The highest BCUT2D eigenvalue weighted by molar-refractivity contribution is 5.94.